The molecule has 22 heavy (non-hydrogen) atoms. The largest absolute Gasteiger partial charge is 0.392 e. The summed E-state index contributed by atoms with van der Waals surface area (Å²) in [5.41, 5.74) is 2.26. The van der Waals surface area contributed by atoms with Crippen molar-refractivity contribution in [3.8, 4) is 0 Å². The monoisotopic (exact) mass is 315 g/mol. The van der Waals surface area contributed by atoms with E-state index in [-0.39, 0.29) is 6.61 Å². The molecule has 1 aromatic heterocycles. The Morgan fingerprint density at radius 2 is 2.14 bits per heavy atom. The average Bonchev–Trinajstić information content (AvgIpc) is 2.55. The molecule has 0 saturated heterocycles. The van der Waals surface area contributed by atoms with E-state index in [1.807, 2.05) is 11.0 Å². The van der Waals surface area contributed by atoms with Crippen LogP contribution in [0.5, 0.6) is 0 Å². The molecule has 1 aliphatic rings. The Morgan fingerprint density at radius 3 is 2.95 bits per heavy atom. The molecular formula is C16H17N3O2S. The first-order valence-corrected chi connectivity index (χ1v) is 7.79. The van der Waals surface area contributed by atoms with Gasteiger partial charge in [-0.2, -0.15) is 0 Å². The maximum atomic E-state index is 8.83. The lowest BCUT2D eigenvalue weighted by Crippen LogP contribution is -2.24. The predicted octanol–water partition coefficient (Wildman–Crippen LogP) is 2.77. The average molecular weight is 315 g/mol. The molecule has 2 aromatic rings. The second kappa shape index (κ2) is 6.91. The van der Waals surface area contributed by atoms with Crippen molar-refractivity contribution in [2.24, 2.45) is 0 Å². The molecule has 1 N–H and O–H groups in total. The smallest absolute Gasteiger partial charge is 0.168 e. The van der Waals surface area contributed by atoms with Gasteiger partial charge in [0.15, 0.2) is 5.82 Å². The van der Waals surface area contributed by atoms with Crippen molar-refractivity contribution in [3.05, 3.63) is 48.3 Å². The summed E-state index contributed by atoms with van der Waals surface area (Å²) in [5, 5.41) is 9.72. The topological polar surface area (TPSA) is 58.5 Å². The third-order valence-corrected chi connectivity index (χ3v) is 4.35. The Labute approximate surface area is 133 Å². The van der Waals surface area contributed by atoms with Gasteiger partial charge < -0.3 is 9.84 Å². The molecule has 5 nitrogen and oxygen atoms in total. The summed E-state index contributed by atoms with van der Waals surface area (Å²) in [5.74, 6) is 0.824. The fourth-order valence-corrected chi connectivity index (χ4v) is 3.32. The highest BCUT2D eigenvalue weighted by molar-refractivity contribution is 7.99. The Kier molecular flexibility index (Phi) is 4.72. The second-order valence-electron chi connectivity index (χ2n) is 4.79. The van der Waals surface area contributed by atoms with Gasteiger partial charge in [-0.15, -0.1) is 0 Å². The summed E-state index contributed by atoms with van der Waals surface area (Å²) in [7, 11) is 1.67. The molecule has 0 amide bonds. The van der Waals surface area contributed by atoms with Crippen LogP contribution in [-0.2, 0) is 11.2 Å². The SMILES string of the molecule is COCN1c2cc(CC=CCO)ccc2Sc2nccnc21. The van der Waals surface area contributed by atoms with Gasteiger partial charge in [0.2, 0.25) is 0 Å². The molecule has 0 unspecified atom stereocenters. The molecule has 2 heterocycles. The summed E-state index contributed by atoms with van der Waals surface area (Å²) in [6, 6.07) is 6.34. The number of hydrogen-bond acceptors (Lipinski definition) is 6. The molecule has 0 fully saturated rings. The maximum absolute atomic E-state index is 8.83. The van der Waals surface area contributed by atoms with Crippen LogP contribution >= 0.6 is 11.8 Å². The molecule has 3 rings (SSSR count). The first kappa shape index (κ1) is 15.0. The number of allylic oxidation sites excluding steroid dienone is 1. The summed E-state index contributed by atoms with van der Waals surface area (Å²) in [6.07, 6.45) is 7.90. The van der Waals surface area contributed by atoms with Gasteiger partial charge in [-0.05, 0) is 24.1 Å². The van der Waals surface area contributed by atoms with Crippen LogP contribution in [0.2, 0.25) is 0 Å². The number of aromatic nitrogens is 2. The molecule has 0 spiro atoms. The van der Waals surface area contributed by atoms with E-state index in [4.69, 9.17) is 9.84 Å². The Hall–Kier alpha value is -1.89. The van der Waals surface area contributed by atoms with Crippen molar-refractivity contribution in [2.45, 2.75) is 16.3 Å². The van der Waals surface area contributed by atoms with E-state index in [1.165, 1.54) is 5.56 Å². The third-order valence-electron chi connectivity index (χ3n) is 3.31. The Morgan fingerprint density at radius 1 is 1.27 bits per heavy atom. The molecule has 0 bridgehead atoms. The van der Waals surface area contributed by atoms with Gasteiger partial charge in [0, 0.05) is 24.4 Å². The lowest BCUT2D eigenvalue weighted by molar-refractivity contribution is 0.204. The van der Waals surface area contributed by atoms with Crippen LogP contribution in [0, 0.1) is 0 Å². The number of aliphatic hydroxyl groups excluding tert-OH is 1. The zero-order valence-corrected chi connectivity index (χ0v) is 13.1. The lowest BCUT2D eigenvalue weighted by atomic mass is 10.1. The number of ether oxygens (including phenoxy) is 1. The van der Waals surface area contributed by atoms with Crippen molar-refractivity contribution in [1.29, 1.82) is 0 Å². The van der Waals surface area contributed by atoms with Gasteiger partial charge in [-0.1, -0.05) is 30.0 Å². The summed E-state index contributed by atoms with van der Waals surface area (Å²) >= 11 is 1.62. The third kappa shape index (κ3) is 2.99. The van der Waals surface area contributed by atoms with E-state index in [0.717, 1.165) is 27.8 Å². The molecule has 1 aromatic carbocycles. The Bertz CT molecular complexity index is 691. The van der Waals surface area contributed by atoms with Crippen molar-refractivity contribution in [2.75, 3.05) is 25.3 Å². The number of anilines is 2. The minimum absolute atomic E-state index is 0.0690. The molecule has 114 valence electrons. The van der Waals surface area contributed by atoms with Crippen LogP contribution in [0.1, 0.15) is 5.56 Å². The lowest BCUT2D eigenvalue weighted by Gasteiger charge is -2.30. The molecular weight excluding hydrogens is 298 g/mol. The summed E-state index contributed by atoms with van der Waals surface area (Å²) < 4.78 is 5.34. The number of aliphatic hydroxyl groups is 1. The van der Waals surface area contributed by atoms with Crippen LogP contribution in [0.3, 0.4) is 0 Å². The van der Waals surface area contributed by atoms with Crippen molar-refractivity contribution >= 4 is 23.3 Å². The molecule has 1 aliphatic heterocycles. The molecule has 6 heteroatoms. The standard InChI is InChI=1S/C16H17N3O2S/c1-21-11-19-13-10-12(4-2-3-9-20)5-6-14(13)22-16-15(19)17-7-8-18-16/h2-3,5-8,10,20H,4,9,11H2,1H3. The Balaban J connectivity index is 1.97. The number of fused-ring (bicyclic) bond motifs is 2. The molecule has 0 radical (unpaired) electrons. The van der Waals surface area contributed by atoms with Crippen LogP contribution in [0.4, 0.5) is 11.5 Å². The van der Waals surface area contributed by atoms with E-state index in [1.54, 1.807) is 37.3 Å². The highest BCUT2D eigenvalue weighted by Gasteiger charge is 2.25. The van der Waals surface area contributed by atoms with Crippen molar-refractivity contribution < 1.29 is 9.84 Å². The number of hydrogen-bond donors (Lipinski definition) is 1. The van der Waals surface area contributed by atoms with E-state index < -0.39 is 0 Å². The number of methoxy groups -OCH3 is 1. The van der Waals surface area contributed by atoms with Gasteiger partial charge in [-0.3, -0.25) is 4.90 Å². The number of nitrogens with zero attached hydrogens (tertiary/aromatic N) is 3. The first-order valence-electron chi connectivity index (χ1n) is 6.97. The highest BCUT2D eigenvalue weighted by Crippen LogP contribution is 2.46. The zero-order chi connectivity index (χ0) is 15.4. The molecule has 0 saturated carbocycles. The van der Waals surface area contributed by atoms with Crippen LogP contribution in [-0.4, -0.2) is 35.5 Å². The van der Waals surface area contributed by atoms with Gasteiger partial charge in [-0.25, -0.2) is 9.97 Å². The molecule has 0 atom stereocenters. The van der Waals surface area contributed by atoms with Crippen LogP contribution < -0.4 is 4.90 Å². The quantitative estimate of drug-likeness (QED) is 0.856. The molecule has 0 aliphatic carbocycles. The number of benzene rings is 1. The van der Waals surface area contributed by atoms with E-state index in [9.17, 15) is 0 Å². The summed E-state index contributed by atoms with van der Waals surface area (Å²) in [6.45, 7) is 0.495. The second-order valence-corrected chi connectivity index (χ2v) is 5.82. The van der Waals surface area contributed by atoms with E-state index >= 15 is 0 Å². The fourth-order valence-electron chi connectivity index (χ4n) is 2.33. The van der Waals surface area contributed by atoms with E-state index in [0.29, 0.717) is 6.73 Å². The highest BCUT2D eigenvalue weighted by atomic mass is 32.2. The minimum atomic E-state index is 0.0690. The normalized spacial score (nSPS) is 13.3. The van der Waals surface area contributed by atoms with Gasteiger partial charge in [0.25, 0.3) is 0 Å². The summed E-state index contributed by atoms with van der Waals surface area (Å²) in [4.78, 5) is 12.0. The van der Waals surface area contributed by atoms with Gasteiger partial charge in [0.05, 0.1) is 12.3 Å². The van der Waals surface area contributed by atoms with Crippen LogP contribution in [0.25, 0.3) is 0 Å². The zero-order valence-electron chi connectivity index (χ0n) is 12.3. The maximum Gasteiger partial charge on any atom is 0.168 e. The van der Waals surface area contributed by atoms with Gasteiger partial charge >= 0.3 is 0 Å². The van der Waals surface area contributed by atoms with Crippen molar-refractivity contribution in [3.63, 3.8) is 0 Å². The minimum Gasteiger partial charge on any atom is -0.392 e. The van der Waals surface area contributed by atoms with Crippen LogP contribution in [0.15, 0.2) is 52.7 Å². The first-order chi connectivity index (χ1) is 10.8. The van der Waals surface area contributed by atoms with Crippen molar-refractivity contribution in [1.82, 2.24) is 9.97 Å². The van der Waals surface area contributed by atoms with E-state index in [2.05, 4.69) is 28.2 Å². The predicted molar refractivity (Wildman–Crippen MR) is 86.5 cm³/mol. The fraction of sp³-hybridized carbons (Fsp3) is 0.250. The van der Waals surface area contributed by atoms with Gasteiger partial charge in [0.1, 0.15) is 11.8 Å². The number of rotatable bonds is 5.